The van der Waals surface area contributed by atoms with Gasteiger partial charge in [-0.15, -0.1) is 0 Å². The Kier molecular flexibility index (Phi) is 8.12. The number of carbonyl (C=O) groups is 4. The van der Waals surface area contributed by atoms with Crippen LogP contribution in [-0.4, -0.2) is 92.8 Å². The van der Waals surface area contributed by atoms with Gasteiger partial charge in [-0.1, -0.05) is 20.8 Å². The molecule has 0 unspecified atom stereocenters. The Balaban J connectivity index is 1.65. The van der Waals surface area contributed by atoms with Gasteiger partial charge in [0, 0.05) is 42.0 Å². The molecule has 0 aliphatic carbocycles. The van der Waals surface area contributed by atoms with Crippen LogP contribution in [0, 0.1) is 11.3 Å². The van der Waals surface area contributed by atoms with Crippen molar-refractivity contribution >= 4 is 35.5 Å². The highest BCUT2D eigenvalue weighted by molar-refractivity contribution is 8.00. The standard InChI is InChI=1S/C19H31N3O7S/c1-10-11-8-12(14(18(28)29)22(11)17(10)27)30-7-6-20-13(24)4-5-21-16(26)15(25)19(2,3)9-23/h10-12,14-15,23,25H,4-9H2,1-3H3,(H,20,24)(H,21,26)(H,28,29)/t10-,11+,12-,14+,15+/m1/s1. The number of aliphatic hydroxyl groups is 2. The Labute approximate surface area is 179 Å². The molecule has 2 rings (SSSR count). The fourth-order valence-electron chi connectivity index (χ4n) is 3.69. The van der Waals surface area contributed by atoms with Crippen LogP contribution in [0.2, 0.25) is 0 Å². The molecule has 2 heterocycles. The van der Waals surface area contributed by atoms with Gasteiger partial charge in [-0.2, -0.15) is 11.8 Å². The Bertz CT molecular complexity index is 687. The number of fused-ring (bicyclic) bond motifs is 1. The summed E-state index contributed by atoms with van der Waals surface area (Å²) >= 11 is 1.44. The van der Waals surface area contributed by atoms with Crippen molar-refractivity contribution in [1.29, 1.82) is 0 Å². The summed E-state index contributed by atoms with van der Waals surface area (Å²) in [6, 6.07) is -0.829. The van der Waals surface area contributed by atoms with Crippen LogP contribution in [0.25, 0.3) is 0 Å². The summed E-state index contributed by atoms with van der Waals surface area (Å²) in [5, 5.41) is 33.5. The average molecular weight is 446 g/mol. The zero-order valence-electron chi connectivity index (χ0n) is 17.5. The van der Waals surface area contributed by atoms with Crippen LogP contribution < -0.4 is 10.6 Å². The van der Waals surface area contributed by atoms with Crippen LogP contribution in [0.3, 0.4) is 0 Å². The fourth-order valence-corrected chi connectivity index (χ4v) is 4.98. The fraction of sp³-hybridized carbons (Fsp3) is 0.789. The molecule has 0 aromatic carbocycles. The Hall–Kier alpha value is -1.85. The number of carboxylic acids is 1. The third-order valence-corrected chi connectivity index (χ3v) is 7.08. The molecule has 0 spiro atoms. The van der Waals surface area contributed by atoms with Crippen molar-refractivity contribution in [3.63, 3.8) is 0 Å². The molecule has 5 N–H and O–H groups in total. The van der Waals surface area contributed by atoms with E-state index in [9.17, 15) is 34.5 Å². The lowest BCUT2D eigenvalue weighted by atomic mass is 9.87. The maximum Gasteiger partial charge on any atom is 0.327 e. The van der Waals surface area contributed by atoms with Crippen LogP contribution in [0.1, 0.15) is 33.6 Å². The normalized spacial score (nSPS) is 26.6. The molecule has 2 fully saturated rings. The summed E-state index contributed by atoms with van der Waals surface area (Å²) in [4.78, 5) is 48.7. The second kappa shape index (κ2) is 9.97. The van der Waals surface area contributed by atoms with Gasteiger partial charge >= 0.3 is 5.97 Å². The molecule has 11 heteroatoms. The van der Waals surface area contributed by atoms with E-state index in [2.05, 4.69) is 10.6 Å². The number of hydrogen-bond acceptors (Lipinski definition) is 7. The van der Waals surface area contributed by atoms with Crippen LogP contribution in [0.5, 0.6) is 0 Å². The average Bonchev–Trinajstić information content (AvgIpc) is 3.06. The van der Waals surface area contributed by atoms with E-state index < -0.39 is 29.4 Å². The van der Waals surface area contributed by atoms with Crippen LogP contribution in [0.15, 0.2) is 0 Å². The van der Waals surface area contributed by atoms with E-state index in [0.717, 1.165) is 0 Å². The van der Waals surface area contributed by atoms with E-state index in [-0.39, 0.29) is 48.6 Å². The van der Waals surface area contributed by atoms with E-state index in [1.165, 1.54) is 16.7 Å². The number of hydrogen-bond donors (Lipinski definition) is 5. The van der Waals surface area contributed by atoms with E-state index in [0.29, 0.717) is 18.7 Å². The first-order valence-corrected chi connectivity index (χ1v) is 11.1. The number of aliphatic hydroxyl groups excluding tert-OH is 2. The lowest BCUT2D eigenvalue weighted by molar-refractivity contribution is -0.162. The largest absolute Gasteiger partial charge is 0.480 e. The minimum atomic E-state index is -1.38. The summed E-state index contributed by atoms with van der Waals surface area (Å²) in [5.41, 5.74) is -0.976. The summed E-state index contributed by atoms with van der Waals surface area (Å²) in [7, 11) is 0. The number of β-lactam (4-membered cyclic amide) rings is 1. The first-order chi connectivity index (χ1) is 14.0. The summed E-state index contributed by atoms with van der Waals surface area (Å²) in [6.45, 7) is 4.97. The molecule has 0 bridgehead atoms. The van der Waals surface area contributed by atoms with E-state index in [4.69, 9.17) is 0 Å². The smallest absolute Gasteiger partial charge is 0.327 e. The van der Waals surface area contributed by atoms with Gasteiger partial charge in [-0.25, -0.2) is 4.79 Å². The van der Waals surface area contributed by atoms with E-state index >= 15 is 0 Å². The highest BCUT2D eigenvalue weighted by Gasteiger charge is 2.58. The molecule has 5 atom stereocenters. The molecular weight excluding hydrogens is 414 g/mol. The number of carboxylic acid groups (broad SMARTS) is 1. The summed E-state index contributed by atoms with van der Waals surface area (Å²) in [5.74, 6) is -1.65. The quantitative estimate of drug-likeness (QED) is 0.196. The Morgan fingerprint density at radius 2 is 1.93 bits per heavy atom. The maximum absolute atomic E-state index is 11.9. The van der Waals surface area contributed by atoms with Crippen molar-refractivity contribution < 1.29 is 34.5 Å². The van der Waals surface area contributed by atoms with E-state index in [1.54, 1.807) is 13.8 Å². The zero-order chi connectivity index (χ0) is 22.6. The van der Waals surface area contributed by atoms with Crippen molar-refractivity contribution in [2.45, 2.75) is 57.1 Å². The third kappa shape index (κ3) is 5.25. The third-order valence-electron chi connectivity index (χ3n) is 5.76. The Morgan fingerprint density at radius 3 is 2.53 bits per heavy atom. The van der Waals surface area contributed by atoms with Crippen molar-refractivity contribution in [3.05, 3.63) is 0 Å². The highest BCUT2D eigenvalue weighted by Crippen LogP contribution is 2.43. The van der Waals surface area contributed by atoms with Crippen LogP contribution in [0.4, 0.5) is 0 Å². The second-order valence-corrected chi connectivity index (χ2v) is 9.82. The molecule has 2 aliphatic rings. The minimum Gasteiger partial charge on any atom is -0.480 e. The second-order valence-electron chi connectivity index (χ2n) is 8.47. The summed E-state index contributed by atoms with van der Waals surface area (Å²) in [6.07, 6.45) is -0.705. The number of thioether (sulfide) groups is 1. The highest BCUT2D eigenvalue weighted by atomic mass is 32.2. The maximum atomic E-state index is 11.9. The number of aliphatic carboxylic acids is 1. The molecule has 0 radical (unpaired) electrons. The molecule has 30 heavy (non-hydrogen) atoms. The van der Waals surface area contributed by atoms with Crippen molar-refractivity contribution in [1.82, 2.24) is 15.5 Å². The number of rotatable bonds is 11. The number of nitrogens with zero attached hydrogens (tertiary/aromatic N) is 1. The van der Waals surface area contributed by atoms with Gasteiger partial charge in [0.2, 0.25) is 17.7 Å². The molecule has 2 saturated heterocycles. The lowest BCUT2D eigenvalue weighted by Gasteiger charge is -2.42. The summed E-state index contributed by atoms with van der Waals surface area (Å²) < 4.78 is 0. The molecule has 0 aromatic rings. The monoisotopic (exact) mass is 445 g/mol. The van der Waals surface area contributed by atoms with Crippen molar-refractivity contribution in [2.75, 3.05) is 25.4 Å². The van der Waals surface area contributed by atoms with Crippen LogP contribution >= 0.6 is 11.8 Å². The van der Waals surface area contributed by atoms with Gasteiger partial charge in [0.25, 0.3) is 0 Å². The van der Waals surface area contributed by atoms with Crippen LogP contribution in [-0.2, 0) is 19.2 Å². The van der Waals surface area contributed by atoms with Crippen molar-refractivity contribution in [3.8, 4) is 0 Å². The Morgan fingerprint density at radius 1 is 1.27 bits per heavy atom. The van der Waals surface area contributed by atoms with Gasteiger partial charge in [0.1, 0.15) is 12.1 Å². The number of carbonyl (C=O) groups excluding carboxylic acids is 3. The minimum absolute atomic E-state index is 0.0135. The molecular formula is C19H31N3O7S. The topological polar surface area (TPSA) is 156 Å². The lowest BCUT2D eigenvalue weighted by Crippen LogP contribution is -2.61. The zero-order valence-corrected chi connectivity index (χ0v) is 18.3. The molecule has 170 valence electrons. The molecule has 10 nitrogen and oxygen atoms in total. The van der Waals surface area contributed by atoms with Gasteiger partial charge in [-0.05, 0) is 6.42 Å². The first kappa shape index (κ1) is 24.4. The van der Waals surface area contributed by atoms with Gasteiger partial charge in [0.05, 0.1) is 12.5 Å². The van der Waals surface area contributed by atoms with Crippen molar-refractivity contribution in [2.24, 2.45) is 11.3 Å². The molecule has 2 aliphatic heterocycles. The van der Waals surface area contributed by atoms with Gasteiger partial charge in [0.15, 0.2) is 0 Å². The van der Waals surface area contributed by atoms with Gasteiger partial charge in [-0.3, -0.25) is 14.4 Å². The SMILES string of the molecule is C[C@H]1C(=O)N2[C@H](C(=O)O)[C@H](SCCNC(=O)CCNC(=O)[C@H](O)C(C)(C)CO)C[C@@H]12. The molecule has 0 aromatic heterocycles. The predicted molar refractivity (Wildman–Crippen MR) is 110 cm³/mol. The number of nitrogens with one attached hydrogen (secondary N) is 2. The number of amides is 3. The molecule has 3 amide bonds. The predicted octanol–water partition coefficient (Wildman–Crippen LogP) is -1.21. The molecule has 0 saturated carbocycles. The van der Waals surface area contributed by atoms with E-state index in [1.807, 2.05) is 6.92 Å². The first-order valence-electron chi connectivity index (χ1n) is 10.0. The van der Waals surface area contributed by atoms with Gasteiger partial charge < -0.3 is 30.9 Å².